The number of amides is 2. The Kier molecular flexibility index (Phi) is 5.18. The molecule has 0 atom stereocenters. The molecule has 3 nitrogen and oxygen atoms in total. The zero-order valence-electron chi connectivity index (χ0n) is 11.8. The molecule has 1 N–H and O–H groups in total. The van der Waals surface area contributed by atoms with Gasteiger partial charge in [0.1, 0.15) is 0 Å². The fraction of sp³-hybridized carbons (Fsp3) is 0.235. The SMILES string of the molecule is CN(C(=O)NCCCc1ccccc1)c1ccccc1. The van der Waals surface area contributed by atoms with E-state index in [0.717, 1.165) is 18.5 Å². The predicted octanol–water partition coefficient (Wildman–Crippen LogP) is 3.47. The third-order valence-corrected chi connectivity index (χ3v) is 3.21. The van der Waals surface area contributed by atoms with Crippen molar-refractivity contribution in [3.63, 3.8) is 0 Å². The molecule has 2 aromatic carbocycles. The smallest absolute Gasteiger partial charge is 0.321 e. The monoisotopic (exact) mass is 268 g/mol. The highest BCUT2D eigenvalue weighted by Gasteiger charge is 2.08. The Morgan fingerprint density at radius 2 is 1.60 bits per heavy atom. The number of para-hydroxylation sites is 1. The molecule has 0 aliphatic carbocycles. The Hall–Kier alpha value is -2.29. The van der Waals surface area contributed by atoms with Crippen LogP contribution in [0.1, 0.15) is 12.0 Å². The number of carbonyl (C=O) groups excluding carboxylic acids is 1. The zero-order chi connectivity index (χ0) is 14.2. The normalized spacial score (nSPS) is 10.1. The third kappa shape index (κ3) is 4.12. The lowest BCUT2D eigenvalue weighted by Gasteiger charge is -2.17. The second kappa shape index (κ2) is 7.34. The second-order valence-electron chi connectivity index (χ2n) is 4.72. The molecule has 0 radical (unpaired) electrons. The van der Waals surface area contributed by atoms with Crippen molar-refractivity contribution in [2.45, 2.75) is 12.8 Å². The van der Waals surface area contributed by atoms with Crippen molar-refractivity contribution in [3.05, 3.63) is 66.2 Å². The van der Waals surface area contributed by atoms with Gasteiger partial charge in [0.15, 0.2) is 0 Å². The topological polar surface area (TPSA) is 32.3 Å². The molecule has 2 rings (SSSR count). The van der Waals surface area contributed by atoms with Gasteiger partial charge >= 0.3 is 6.03 Å². The molecule has 104 valence electrons. The summed E-state index contributed by atoms with van der Waals surface area (Å²) in [5.41, 5.74) is 2.20. The minimum Gasteiger partial charge on any atom is -0.338 e. The average molecular weight is 268 g/mol. The Morgan fingerprint density at radius 3 is 2.25 bits per heavy atom. The van der Waals surface area contributed by atoms with Crippen molar-refractivity contribution in [1.29, 1.82) is 0 Å². The summed E-state index contributed by atoms with van der Waals surface area (Å²) in [7, 11) is 1.78. The van der Waals surface area contributed by atoms with E-state index >= 15 is 0 Å². The number of hydrogen-bond donors (Lipinski definition) is 1. The summed E-state index contributed by atoms with van der Waals surface area (Å²) in [5, 5.41) is 2.94. The Morgan fingerprint density at radius 1 is 1.00 bits per heavy atom. The lowest BCUT2D eigenvalue weighted by molar-refractivity contribution is 0.247. The second-order valence-corrected chi connectivity index (χ2v) is 4.72. The first-order chi connectivity index (χ1) is 9.77. The maximum Gasteiger partial charge on any atom is 0.321 e. The summed E-state index contributed by atoms with van der Waals surface area (Å²) in [6.07, 6.45) is 1.93. The number of nitrogens with one attached hydrogen (secondary N) is 1. The number of hydrogen-bond acceptors (Lipinski definition) is 1. The van der Waals surface area contributed by atoms with Crippen molar-refractivity contribution >= 4 is 11.7 Å². The number of urea groups is 1. The molecule has 3 heteroatoms. The molecular formula is C17H20N2O. The van der Waals surface area contributed by atoms with Gasteiger partial charge in [-0.3, -0.25) is 4.90 Å². The van der Waals surface area contributed by atoms with Crippen LogP contribution in [0.5, 0.6) is 0 Å². The summed E-state index contributed by atoms with van der Waals surface area (Å²) < 4.78 is 0. The summed E-state index contributed by atoms with van der Waals surface area (Å²) in [4.78, 5) is 13.6. The van der Waals surface area contributed by atoms with E-state index in [0.29, 0.717) is 6.54 Å². The van der Waals surface area contributed by atoms with Gasteiger partial charge in [-0.1, -0.05) is 48.5 Å². The lowest BCUT2D eigenvalue weighted by atomic mass is 10.1. The van der Waals surface area contributed by atoms with Crippen LogP contribution in [0.25, 0.3) is 0 Å². The highest BCUT2D eigenvalue weighted by Crippen LogP contribution is 2.10. The van der Waals surface area contributed by atoms with Gasteiger partial charge in [-0.2, -0.15) is 0 Å². The van der Waals surface area contributed by atoms with Crippen LogP contribution in [0.3, 0.4) is 0 Å². The van der Waals surface area contributed by atoms with E-state index in [2.05, 4.69) is 17.4 Å². The first kappa shape index (κ1) is 14.1. The van der Waals surface area contributed by atoms with Gasteiger partial charge in [0, 0.05) is 19.3 Å². The van der Waals surface area contributed by atoms with Crippen molar-refractivity contribution in [3.8, 4) is 0 Å². The van der Waals surface area contributed by atoms with Crippen LogP contribution >= 0.6 is 0 Å². The fourth-order valence-corrected chi connectivity index (χ4v) is 2.02. The van der Waals surface area contributed by atoms with E-state index in [4.69, 9.17) is 0 Å². The maximum absolute atomic E-state index is 12.0. The van der Waals surface area contributed by atoms with E-state index in [9.17, 15) is 4.79 Å². The number of carbonyl (C=O) groups is 1. The highest BCUT2D eigenvalue weighted by molar-refractivity contribution is 5.91. The van der Waals surface area contributed by atoms with Gasteiger partial charge in [0.05, 0.1) is 0 Å². The molecule has 0 bridgehead atoms. The van der Waals surface area contributed by atoms with E-state index in [-0.39, 0.29) is 6.03 Å². The number of aryl methyl sites for hydroxylation is 1. The minimum atomic E-state index is -0.0655. The van der Waals surface area contributed by atoms with Crippen LogP contribution in [0, 0.1) is 0 Å². The number of anilines is 1. The largest absolute Gasteiger partial charge is 0.338 e. The summed E-state index contributed by atoms with van der Waals surface area (Å²) in [6.45, 7) is 0.685. The molecule has 2 aromatic rings. The minimum absolute atomic E-state index is 0.0655. The van der Waals surface area contributed by atoms with E-state index in [1.165, 1.54) is 5.56 Å². The standard InChI is InChI=1S/C17H20N2O/c1-19(16-12-6-3-7-13-16)17(20)18-14-8-11-15-9-4-2-5-10-15/h2-7,9-10,12-13H,8,11,14H2,1H3,(H,18,20). The van der Waals surface area contributed by atoms with Crippen molar-refractivity contribution in [2.24, 2.45) is 0 Å². The molecule has 0 saturated carbocycles. The molecule has 0 saturated heterocycles. The number of nitrogens with zero attached hydrogens (tertiary/aromatic N) is 1. The van der Waals surface area contributed by atoms with Crippen LogP contribution in [0.4, 0.5) is 10.5 Å². The molecule has 2 amide bonds. The Bertz CT molecular complexity index is 525. The zero-order valence-corrected chi connectivity index (χ0v) is 11.8. The van der Waals surface area contributed by atoms with Gasteiger partial charge in [-0.15, -0.1) is 0 Å². The van der Waals surface area contributed by atoms with Gasteiger partial charge in [-0.05, 0) is 30.5 Å². The van der Waals surface area contributed by atoms with Gasteiger partial charge in [0.2, 0.25) is 0 Å². The van der Waals surface area contributed by atoms with Gasteiger partial charge in [-0.25, -0.2) is 4.79 Å². The average Bonchev–Trinajstić information content (AvgIpc) is 2.52. The van der Waals surface area contributed by atoms with Crippen LogP contribution in [-0.4, -0.2) is 19.6 Å². The van der Waals surface area contributed by atoms with Crippen molar-refractivity contribution in [2.75, 3.05) is 18.5 Å². The van der Waals surface area contributed by atoms with Gasteiger partial charge < -0.3 is 5.32 Å². The quantitative estimate of drug-likeness (QED) is 0.827. The number of benzene rings is 2. The highest BCUT2D eigenvalue weighted by atomic mass is 16.2. The molecule has 0 fully saturated rings. The number of rotatable bonds is 5. The third-order valence-electron chi connectivity index (χ3n) is 3.21. The van der Waals surface area contributed by atoms with E-state index in [1.54, 1.807) is 11.9 Å². The van der Waals surface area contributed by atoms with Crippen LogP contribution in [-0.2, 0) is 6.42 Å². The van der Waals surface area contributed by atoms with Crippen molar-refractivity contribution in [1.82, 2.24) is 5.32 Å². The fourth-order valence-electron chi connectivity index (χ4n) is 2.02. The molecule has 0 aromatic heterocycles. The Labute approximate surface area is 120 Å². The van der Waals surface area contributed by atoms with Gasteiger partial charge in [0.25, 0.3) is 0 Å². The molecule has 0 aliphatic heterocycles. The molecule has 0 heterocycles. The molecule has 20 heavy (non-hydrogen) atoms. The molecule has 0 spiro atoms. The van der Waals surface area contributed by atoms with E-state index < -0.39 is 0 Å². The Balaban J connectivity index is 1.73. The molecular weight excluding hydrogens is 248 g/mol. The first-order valence-corrected chi connectivity index (χ1v) is 6.88. The first-order valence-electron chi connectivity index (χ1n) is 6.88. The van der Waals surface area contributed by atoms with E-state index in [1.807, 2.05) is 48.5 Å². The van der Waals surface area contributed by atoms with Crippen LogP contribution in [0.15, 0.2) is 60.7 Å². The van der Waals surface area contributed by atoms with Crippen LogP contribution < -0.4 is 10.2 Å². The molecule has 0 aliphatic rings. The molecule has 0 unspecified atom stereocenters. The predicted molar refractivity (Wildman–Crippen MR) is 83.0 cm³/mol. The van der Waals surface area contributed by atoms with Crippen molar-refractivity contribution < 1.29 is 4.79 Å². The maximum atomic E-state index is 12.0. The summed E-state index contributed by atoms with van der Waals surface area (Å²) in [6, 6.07) is 19.9. The lowest BCUT2D eigenvalue weighted by Crippen LogP contribution is -2.37. The summed E-state index contributed by atoms with van der Waals surface area (Å²) >= 11 is 0. The summed E-state index contributed by atoms with van der Waals surface area (Å²) in [5.74, 6) is 0. The van der Waals surface area contributed by atoms with Crippen LogP contribution in [0.2, 0.25) is 0 Å².